The zero-order valence-corrected chi connectivity index (χ0v) is 6.31. The minimum atomic E-state index is -0.102. The fraction of sp³-hybridized carbons (Fsp3) is 1.00. The molecule has 2 N–H and O–H groups in total. The van der Waals surface area contributed by atoms with E-state index in [1.54, 1.807) is 0 Å². The third kappa shape index (κ3) is 0.864. The average Bonchev–Trinajstić information content (AvgIpc) is 1.82. The summed E-state index contributed by atoms with van der Waals surface area (Å²) >= 11 is 0. The van der Waals surface area contributed by atoms with Crippen molar-refractivity contribution in [1.29, 1.82) is 0 Å². The molecule has 1 fully saturated rings. The summed E-state index contributed by atoms with van der Waals surface area (Å²) < 4.78 is 0. The third-order valence-electron chi connectivity index (χ3n) is 2.56. The van der Waals surface area contributed by atoms with Gasteiger partial charge in [0.2, 0.25) is 0 Å². The van der Waals surface area contributed by atoms with E-state index in [4.69, 9.17) is 0 Å². The topological polar surface area (TPSA) is 32.3 Å². The Balaban J connectivity index is 2.48. The normalized spacial score (nSPS) is 40.0. The first-order chi connectivity index (χ1) is 4.09. The van der Waals surface area contributed by atoms with Gasteiger partial charge < -0.3 is 10.4 Å². The maximum absolute atomic E-state index is 9.24. The molecule has 0 spiro atoms. The van der Waals surface area contributed by atoms with Crippen molar-refractivity contribution >= 4 is 0 Å². The van der Waals surface area contributed by atoms with Crippen molar-refractivity contribution in [3.8, 4) is 0 Å². The molecule has 9 heavy (non-hydrogen) atoms. The molecule has 0 aromatic heterocycles. The van der Waals surface area contributed by atoms with Crippen LogP contribution in [0.25, 0.3) is 0 Å². The van der Waals surface area contributed by atoms with Gasteiger partial charge >= 0.3 is 0 Å². The van der Waals surface area contributed by atoms with Crippen molar-refractivity contribution in [2.24, 2.45) is 5.41 Å². The summed E-state index contributed by atoms with van der Waals surface area (Å²) in [7, 11) is 1.94. The lowest BCUT2D eigenvalue weighted by atomic mass is 9.65. The summed E-state index contributed by atoms with van der Waals surface area (Å²) in [6.45, 7) is 4.17. The monoisotopic (exact) mass is 129 g/mol. The molecule has 2 heteroatoms. The summed E-state index contributed by atoms with van der Waals surface area (Å²) in [5, 5.41) is 12.4. The highest BCUT2D eigenvalue weighted by Gasteiger charge is 2.46. The highest BCUT2D eigenvalue weighted by Crippen LogP contribution is 2.39. The number of aliphatic hydroxyl groups is 1. The predicted molar refractivity (Wildman–Crippen MR) is 37.3 cm³/mol. The first-order valence-corrected chi connectivity index (χ1v) is 3.44. The Labute approximate surface area is 56.3 Å². The molecule has 0 radical (unpaired) electrons. The Morgan fingerprint density at radius 1 is 1.56 bits per heavy atom. The van der Waals surface area contributed by atoms with Crippen molar-refractivity contribution in [3.05, 3.63) is 0 Å². The van der Waals surface area contributed by atoms with Crippen LogP contribution in [0.15, 0.2) is 0 Å². The van der Waals surface area contributed by atoms with Gasteiger partial charge in [-0.25, -0.2) is 0 Å². The van der Waals surface area contributed by atoms with Gasteiger partial charge in [0.1, 0.15) is 0 Å². The summed E-state index contributed by atoms with van der Waals surface area (Å²) in [5.41, 5.74) is 0.0920. The van der Waals surface area contributed by atoms with Crippen LogP contribution >= 0.6 is 0 Å². The van der Waals surface area contributed by atoms with Crippen LogP contribution in [0.5, 0.6) is 0 Å². The average molecular weight is 129 g/mol. The van der Waals surface area contributed by atoms with Crippen LogP contribution in [0.2, 0.25) is 0 Å². The molecule has 2 atom stereocenters. The maximum Gasteiger partial charge on any atom is 0.0621 e. The van der Waals surface area contributed by atoms with Gasteiger partial charge in [0.05, 0.1) is 6.10 Å². The third-order valence-corrected chi connectivity index (χ3v) is 2.56. The van der Waals surface area contributed by atoms with Crippen LogP contribution in [0.1, 0.15) is 20.3 Å². The van der Waals surface area contributed by atoms with Crippen LogP contribution in [0.3, 0.4) is 0 Å². The van der Waals surface area contributed by atoms with Gasteiger partial charge in [-0.3, -0.25) is 0 Å². The molecule has 1 rings (SSSR count). The molecule has 2 nitrogen and oxygen atoms in total. The maximum atomic E-state index is 9.24. The number of hydrogen-bond acceptors (Lipinski definition) is 2. The zero-order chi connectivity index (χ0) is 7.07. The number of nitrogens with one attached hydrogen (secondary N) is 1. The van der Waals surface area contributed by atoms with Crippen molar-refractivity contribution in [1.82, 2.24) is 5.32 Å². The Bertz CT molecular complexity index is 111. The molecule has 0 bridgehead atoms. The number of hydrogen-bond donors (Lipinski definition) is 2. The molecule has 2 unspecified atom stereocenters. The Morgan fingerprint density at radius 2 is 2.11 bits per heavy atom. The van der Waals surface area contributed by atoms with E-state index < -0.39 is 0 Å². The lowest BCUT2D eigenvalue weighted by Gasteiger charge is -2.49. The zero-order valence-electron chi connectivity index (χ0n) is 6.31. The second-order valence-electron chi connectivity index (χ2n) is 3.41. The van der Waals surface area contributed by atoms with Gasteiger partial charge in [-0.15, -0.1) is 0 Å². The van der Waals surface area contributed by atoms with Gasteiger partial charge in [-0.05, 0) is 13.5 Å². The van der Waals surface area contributed by atoms with E-state index in [0.29, 0.717) is 6.04 Å². The van der Waals surface area contributed by atoms with Crippen LogP contribution in [-0.2, 0) is 0 Å². The molecule has 0 aliphatic heterocycles. The largest absolute Gasteiger partial charge is 0.392 e. The van der Waals surface area contributed by atoms with Crippen LogP contribution in [0, 0.1) is 5.41 Å². The number of rotatable bonds is 1. The molecule has 0 amide bonds. The minimum Gasteiger partial charge on any atom is -0.392 e. The van der Waals surface area contributed by atoms with Gasteiger partial charge in [0, 0.05) is 11.5 Å². The van der Waals surface area contributed by atoms with E-state index in [2.05, 4.69) is 19.2 Å². The standard InChI is InChI=1S/C7H15NO/c1-7(2)5(8-3)4-6(7)9/h5-6,8-9H,4H2,1-3H3. The number of aliphatic hydroxyl groups excluding tert-OH is 1. The fourth-order valence-corrected chi connectivity index (χ4v) is 1.39. The summed E-state index contributed by atoms with van der Waals surface area (Å²) in [4.78, 5) is 0. The summed E-state index contributed by atoms with van der Waals surface area (Å²) in [6.07, 6.45) is 0.804. The van der Waals surface area contributed by atoms with Crippen molar-refractivity contribution in [3.63, 3.8) is 0 Å². The van der Waals surface area contributed by atoms with Gasteiger partial charge in [0.25, 0.3) is 0 Å². The van der Waals surface area contributed by atoms with E-state index in [0.717, 1.165) is 6.42 Å². The second-order valence-corrected chi connectivity index (χ2v) is 3.41. The molecule has 0 saturated heterocycles. The highest BCUT2D eigenvalue weighted by molar-refractivity contribution is 5.00. The molecule has 1 aliphatic rings. The van der Waals surface area contributed by atoms with Gasteiger partial charge in [0.15, 0.2) is 0 Å². The van der Waals surface area contributed by atoms with E-state index in [1.807, 2.05) is 7.05 Å². The molecule has 0 aromatic carbocycles. The molecule has 0 heterocycles. The Kier molecular flexibility index (Phi) is 1.53. The van der Waals surface area contributed by atoms with E-state index in [9.17, 15) is 5.11 Å². The fourth-order valence-electron chi connectivity index (χ4n) is 1.39. The van der Waals surface area contributed by atoms with Gasteiger partial charge in [-0.2, -0.15) is 0 Å². The lowest BCUT2D eigenvalue weighted by molar-refractivity contribution is -0.0698. The van der Waals surface area contributed by atoms with Crippen LogP contribution < -0.4 is 5.32 Å². The quantitative estimate of drug-likeness (QED) is 0.536. The molecule has 1 saturated carbocycles. The molecule has 0 aromatic rings. The van der Waals surface area contributed by atoms with Gasteiger partial charge in [-0.1, -0.05) is 13.8 Å². The SMILES string of the molecule is CNC1CC(O)C1(C)C. The first kappa shape index (κ1) is 7.03. The molecule has 1 aliphatic carbocycles. The minimum absolute atomic E-state index is 0.0920. The molecule has 54 valence electrons. The van der Waals surface area contributed by atoms with Crippen LogP contribution in [0.4, 0.5) is 0 Å². The van der Waals surface area contributed by atoms with E-state index in [-0.39, 0.29) is 11.5 Å². The van der Waals surface area contributed by atoms with Crippen LogP contribution in [-0.4, -0.2) is 24.3 Å². The Hall–Kier alpha value is -0.0800. The second kappa shape index (κ2) is 1.96. The molecular formula is C7H15NO. The summed E-state index contributed by atoms with van der Waals surface area (Å²) in [5.74, 6) is 0. The smallest absolute Gasteiger partial charge is 0.0621 e. The first-order valence-electron chi connectivity index (χ1n) is 3.44. The molecular weight excluding hydrogens is 114 g/mol. The van der Waals surface area contributed by atoms with Crippen molar-refractivity contribution in [2.45, 2.75) is 32.4 Å². The predicted octanol–water partition coefficient (Wildman–Crippen LogP) is 0.365. The van der Waals surface area contributed by atoms with Crippen molar-refractivity contribution < 1.29 is 5.11 Å². The van der Waals surface area contributed by atoms with E-state index in [1.165, 1.54) is 0 Å². The summed E-state index contributed by atoms with van der Waals surface area (Å²) in [6, 6.07) is 0.507. The lowest BCUT2D eigenvalue weighted by Crippen LogP contribution is -2.58. The Morgan fingerprint density at radius 3 is 2.22 bits per heavy atom. The highest BCUT2D eigenvalue weighted by atomic mass is 16.3. The van der Waals surface area contributed by atoms with E-state index >= 15 is 0 Å². The van der Waals surface area contributed by atoms with Crippen molar-refractivity contribution in [2.75, 3.05) is 7.05 Å².